The summed E-state index contributed by atoms with van der Waals surface area (Å²) in [6.45, 7) is 0.875. The van der Waals surface area contributed by atoms with Crippen LogP contribution in [-0.2, 0) is 9.53 Å². The van der Waals surface area contributed by atoms with Gasteiger partial charge in [-0.2, -0.15) is 11.8 Å². The molecule has 0 saturated carbocycles. The highest BCUT2D eigenvalue weighted by Crippen LogP contribution is 2.17. The molecule has 1 saturated heterocycles. The molecule has 2 atom stereocenters. The van der Waals surface area contributed by atoms with Gasteiger partial charge in [-0.3, -0.25) is 4.79 Å². The Hall–Kier alpha value is -0.260. The lowest BCUT2D eigenvalue weighted by Gasteiger charge is -2.09. The largest absolute Gasteiger partial charge is 0.480 e. The molecule has 2 unspecified atom stereocenters. The molecule has 14 heavy (non-hydrogen) atoms. The Kier molecular flexibility index (Phi) is 5.29. The van der Waals surface area contributed by atoms with Gasteiger partial charge in [-0.15, -0.1) is 0 Å². The summed E-state index contributed by atoms with van der Waals surface area (Å²) in [5, 5.41) is 8.53. The molecule has 0 aliphatic carbocycles. The van der Waals surface area contributed by atoms with Gasteiger partial charge in [-0.25, -0.2) is 0 Å². The van der Waals surface area contributed by atoms with Crippen molar-refractivity contribution in [3.63, 3.8) is 0 Å². The van der Waals surface area contributed by atoms with Gasteiger partial charge in [-0.05, 0) is 25.0 Å². The van der Waals surface area contributed by atoms with Gasteiger partial charge in [0.2, 0.25) is 0 Å². The lowest BCUT2D eigenvalue weighted by atomic mass is 10.2. The van der Waals surface area contributed by atoms with E-state index in [9.17, 15) is 4.79 Å². The highest BCUT2D eigenvalue weighted by atomic mass is 32.2. The number of hydrogen-bond donors (Lipinski definition) is 2. The molecule has 4 nitrogen and oxygen atoms in total. The molecule has 0 aromatic rings. The van der Waals surface area contributed by atoms with Crippen LogP contribution in [0.4, 0.5) is 0 Å². The van der Waals surface area contributed by atoms with Crippen LogP contribution >= 0.6 is 11.8 Å². The molecule has 1 fully saturated rings. The normalized spacial score (nSPS) is 23.6. The summed E-state index contributed by atoms with van der Waals surface area (Å²) in [7, 11) is 0. The van der Waals surface area contributed by atoms with Crippen molar-refractivity contribution >= 4 is 17.7 Å². The number of carbonyl (C=O) groups is 1. The fourth-order valence-corrected chi connectivity index (χ4v) is 2.44. The van der Waals surface area contributed by atoms with Gasteiger partial charge < -0.3 is 15.6 Å². The predicted molar refractivity (Wildman–Crippen MR) is 56.5 cm³/mol. The standard InChI is InChI=1S/C9H17NO3S/c10-8(9(11)12)3-5-14-6-7-2-1-4-13-7/h7-8H,1-6,10H2,(H,11,12). The van der Waals surface area contributed by atoms with E-state index in [1.165, 1.54) is 0 Å². The Bertz CT molecular complexity index is 183. The Morgan fingerprint density at radius 3 is 3.07 bits per heavy atom. The zero-order valence-electron chi connectivity index (χ0n) is 8.15. The molecule has 1 aliphatic rings. The van der Waals surface area contributed by atoms with Gasteiger partial charge in [0.25, 0.3) is 0 Å². The molecule has 82 valence electrons. The minimum Gasteiger partial charge on any atom is -0.480 e. The third-order valence-corrected chi connectivity index (χ3v) is 3.35. The summed E-state index contributed by atoms with van der Waals surface area (Å²) in [6.07, 6.45) is 3.20. The van der Waals surface area contributed by atoms with Crippen LogP contribution in [0.1, 0.15) is 19.3 Å². The summed E-state index contributed by atoms with van der Waals surface area (Å²) < 4.78 is 5.44. The molecule has 0 amide bonds. The van der Waals surface area contributed by atoms with Crippen molar-refractivity contribution in [2.75, 3.05) is 18.1 Å². The summed E-state index contributed by atoms with van der Waals surface area (Å²) in [5.41, 5.74) is 5.37. The van der Waals surface area contributed by atoms with Gasteiger partial charge in [0.05, 0.1) is 6.10 Å². The lowest BCUT2D eigenvalue weighted by Crippen LogP contribution is -2.30. The Morgan fingerprint density at radius 1 is 1.71 bits per heavy atom. The first kappa shape index (κ1) is 11.8. The molecule has 0 aromatic heterocycles. The van der Waals surface area contributed by atoms with Gasteiger partial charge in [-0.1, -0.05) is 0 Å². The smallest absolute Gasteiger partial charge is 0.320 e. The maximum atomic E-state index is 10.4. The van der Waals surface area contributed by atoms with Crippen LogP contribution in [-0.4, -0.2) is 41.3 Å². The number of carboxylic acid groups (broad SMARTS) is 1. The molecule has 1 aliphatic heterocycles. The van der Waals surface area contributed by atoms with Crippen molar-refractivity contribution in [1.82, 2.24) is 0 Å². The van der Waals surface area contributed by atoms with Crippen molar-refractivity contribution in [2.45, 2.75) is 31.4 Å². The topological polar surface area (TPSA) is 72.5 Å². The zero-order valence-corrected chi connectivity index (χ0v) is 8.96. The number of rotatable bonds is 6. The second kappa shape index (κ2) is 6.27. The average Bonchev–Trinajstić information content (AvgIpc) is 2.64. The molecule has 1 heterocycles. The summed E-state index contributed by atoms with van der Waals surface area (Å²) in [4.78, 5) is 10.4. The minimum absolute atomic E-state index is 0.376. The maximum absolute atomic E-state index is 10.4. The first-order valence-corrected chi connectivity index (χ1v) is 6.03. The van der Waals surface area contributed by atoms with Crippen LogP contribution in [0, 0.1) is 0 Å². The molecule has 0 aromatic carbocycles. The Morgan fingerprint density at radius 2 is 2.50 bits per heavy atom. The number of thioether (sulfide) groups is 1. The highest BCUT2D eigenvalue weighted by Gasteiger charge is 2.16. The quantitative estimate of drug-likeness (QED) is 0.643. The van der Waals surface area contributed by atoms with Gasteiger partial charge in [0.15, 0.2) is 0 Å². The van der Waals surface area contributed by atoms with Crippen molar-refractivity contribution in [3.05, 3.63) is 0 Å². The predicted octanol–water partition coefficient (Wildman–Crippen LogP) is 0.701. The van der Waals surface area contributed by atoms with Gasteiger partial charge >= 0.3 is 5.97 Å². The molecule has 3 N–H and O–H groups in total. The van der Waals surface area contributed by atoms with E-state index in [4.69, 9.17) is 15.6 Å². The van der Waals surface area contributed by atoms with E-state index < -0.39 is 12.0 Å². The molecule has 0 bridgehead atoms. The summed E-state index contributed by atoms with van der Waals surface area (Å²) in [5.74, 6) is 0.849. The fourth-order valence-electron chi connectivity index (χ4n) is 1.32. The third kappa shape index (κ3) is 4.30. The first-order chi connectivity index (χ1) is 6.70. The van der Waals surface area contributed by atoms with Gasteiger partial charge in [0, 0.05) is 12.4 Å². The van der Waals surface area contributed by atoms with E-state index in [-0.39, 0.29) is 0 Å². The minimum atomic E-state index is -0.914. The van der Waals surface area contributed by atoms with Crippen LogP contribution in [0.2, 0.25) is 0 Å². The van der Waals surface area contributed by atoms with Crippen molar-refractivity contribution in [3.8, 4) is 0 Å². The first-order valence-electron chi connectivity index (χ1n) is 4.88. The number of nitrogens with two attached hydrogens (primary N) is 1. The molecule has 1 rings (SSSR count). The monoisotopic (exact) mass is 219 g/mol. The molecular formula is C9H17NO3S. The zero-order chi connectivity index (χ0) is 10.4. The number of carboxylic acids is 1. The number of hydrogen-bond acceptors (Lipinski definition) is 4. The van der Waals surface area contributed by atoms with Crippen molar-refractivity contribution in [2.24, 2.45) is 5.73 Å². The average molecular weight is 219 g/mol. The van der Waals surface area contributed by atoms with E-state index in [1.807, 2.05) is 0 Å². The van der Waals surface area contributed by atoms with Crippen molar-refractivity contribution in [1.29, 1.82) is 0 Å². The third-order valence-electron chi connectivity index (χ3n) is 2.22. The second-order valence-corrected chi connectivity index (χ2v) is 4.59. The lowest BCUT2D eigenvalue weighted by molar-refractivity contribution is -0.138. The van der Waals surface area contributed by atoms with Crippen LogP contribution in [0.3, 0.4) is 0 Å². The van der Waals surface area contributed by atoms with Crippen LogP contribution in [0.25, 0.3) is 0 Å². The fraction of sp³-hybridized carbons (Fsp3) is 0.889. The summed E-state index contributed by atoms with van der Waals surface area (Å²) in [6, 6.07) is -0.716. The number of ether oxygens (including phenoxy) is 1. The Balaban J connectivity index is 1.95. The van der Waals surface area contributed by atoms with Crippen LogP contribution in [0.15, 0.2) is 0 Å². The van der Waals surface area contributed by atoms with E-state index in [1.54, 1.807) is 11.8 Å². The van der Waals surface area contributed by atoms with Crippen LogP contribution < -0.4 is 5.73 Å². The number of aliphatic carboxylic acids is 1. The van der Waals surface area contributed by atoms with Gasteiger partial charge in [0.1, 0.15) is 6.04 Å². The van der Waals surface area contributed by atoms with E-state index >= 15 is 0 Å². The highest BCUT2D eigenvalue weighted by molar-refractivity contribution is 7.99. The van der Waals surface area contributed by atoms with Crippen LogP contribution in [0.5, 0.6) is 0 Å². The van der Waals surface area contributed by atoms with E-state index in [0.717, 1.165) is 31.0 Å². The van der Waals surface area contributed by atoms with E-state index in [0.29, 0.717) is 12.5 Å². The molecular weight excluding hydrogens is 202 g/mol. The summed E-state index contributed by atoms with van der Waals surface area (Å²) >= 11 is 1.73. The Labute approximate surface area is 88.2 Å². The molecule has 0 radical (unpaired) electrons. The maximum Gasteiger partial charge on any atom is 0.320 e. The van der Waals surface area contributed by atoms with E-state index in [2.05, 4.69) is 0 Å². The van der Waals surface area contributed by atoms with Crippen molar-refractivity contribution < 1.29 is 14.6 Å². The SMILES string of the molecule is NC(CCSCC1CCCO1)C(=O)O. The molecule has 5 heteroatoms. The molecule has 0 spiro atoms. The second-order valence-electron chi connectivity index (χ2n) is 3.44.